The Kier molecular flexibility index (Phi) is 5.08. The van der Waals surface area contributed by atoms with Gasteiger partial charge < -0.3 is 10.2 Å². The van der Waals surface area contributed by atoms with Crippen molar-refractivity contribution in [3.8, 4) is 5.75 Å². The van der Waals surface area contributed by atoms with Crippen molar-refractivity contribution in [1.29, 1.82) is 0 Å². The summed E-state index contributed by atoms with van der Waals surface area (Å²) in [5.74, 6) is 0.252. The molecule has 6 heteroatoms. The second-order valence-electron chi connectivity index (χ2n) is 8.07. The summed E-state index contributed by atoms with van der Waals surface area (Å²) in [6.07, 6.45) is 4.21. The number of nitrogens with zero attached hydrogens (tertiary/aromatic N) is 2. The molecule has 0 amide bonds. The molecule has 0 aromatic heterocycles. The third kappa shape index (κ3) is 3.38. The van der Waals surface area contributed by atoms with Crippen molar-refractivity contribution in [2.24, 2.45) is 0 Å². The van der Waals surface area contributed by atoms with E-state index in [1.807, 2.05) is 24.3 Å². The number of non-ortho nitro benzene ring substituents is 1. The number of aliphatic hydroxyl groups is 1. The lowest BCUT2D eigenvalue weighted by molar-refractivity contribution is -0.384. The Morgan fingerprint density at radius 1 is 1.18 bits per heavy atom. The lowest BCUT2D eigenvalue weighted by atomic mass is 9.61. The molecular formula is C22H26N2O4. The van der Waals surface area contributed by atoms with E-state index in [4.69, 9.17) is 0 Å². The highest BCUT2D eigenvalue weighted by Crippen LogP contribution is 2.47. The topological polar surface area (TPSA) is 86.8 Å². The van der Waals surface area contributed by atoms with Gasteiger partial charge in [-0.1, -0.05) is 30.7 Å². The van der Waals surface area contributed by atoms with Gasteiger partial charge in [0.05, 0.1) is 11.0 Å². The van der Waals surface area contributed by atoms with Gasteiger partial charge in [0.1, 0.15) is 5.75 Å². The average molecular weight is 382 g/mol. The number of aliphatic hydroxyl groups excluding tert-OH is 1. The molecule has 2 aromatic rings. The van der Waals surface area contributed by atoms with Crippen LogP contribution in [0.15, 0.2) is 48.5 Å². The molecule has 1 heterocycles. The fraction of sp³-hybridized carbons (Fsp3) is 0.455. The van der Waals surface area contributed by atoms with Crippen LogP contribution in [0.3, 0.4) is 0 Å². The largest absolute Gasteiger partial charge is 0.508 e. The van der Waals surface area contributed by atoms with E-state index in [1.54, 1.807) is 24.3 Å². The molecule has 2 aromatic carbocycles. The van der Waals surface area contributed by atoms with Gasteiger partial charge in [0, 0.05) is 30.1 Å². The molecule has 28 heavy (non-hydrogen) atoms. The van der Waals surface area contributed by atoms with Crippen LogP contribution in [0.5, 0.6) is 5.75 Å². The molecule has 1 aliphatic carbocycles. The van der Waals surface area contributed by atoms with Crippen molar-refractivity contribution >= 4 is 5.69 Å². The van der Waals surface area contributed by atoms with Crippen molar-refractivity contribution in [2.45, 2.75) is 49.7 Å². The highest BCUT2D eigenvalue weighted by molar-refractivity contribution is 5.36. The van der Waals surface area contributed by atoms with Crippen molar-refractivity contribution in [1.82, 2.24) is 4.90 Å². The predicted octanol–water partition coefficient (Wildman–Crippen LogP) is 3.40. The number of aromatic hydroxyl groups is 1. The first kappa shape index (κ1) is 18.9. The number of fused-ring (bicyclic) bond motifs is 2. The zero-order valence-corrected chi connectivity index (χ0v) is 15.8. The van der Waals surface area contributed by atoms with Crippen LogP contribution in [0.25, 0.3) is 0 Å². The van der Waals surface area contributed by atoms with Gasteiger partial charge in [0.2, 0.25) is 0 Å². The molecule has 2 fully saturated rings. The van der Waals surface area contributed by atoms with Gasteiger partial charge in [-0.05, 0) is 55.5 Å². The van der Waals surface area contributed by atoms with Crippen molar-refractivity contribution < 1.29 is 15.1 Å². The van der Waals surface area contributed by atoms with Crippen LogP contribution in [0.4, 0.5) is 5.69 Å². The average Bonchev–Trinajstić information content (AvgIpc) is 2.68. The van der Waals surface area contributed by atoms with Gasteiger partial charge in [0.15, 0.2) is 0 Å². The molecule has 6 nitrogen and oxygen atoms in total. The molecule has 0 unspecified atom stereocenters. The molecule has 0 spiro atoms. The highest BCUT2D eigenvalue weighted by atomic mass is 16.6. The minimum Gasteiger partial charge on any atom is -0.508 e. The number of nitro groups is 1. The van der Waals surface area contributed by atoms with E-state index >= 15 is 0 Å². The zero-order chi connectivity index (χ0) is 19.7. The molecule has 2 aliphatic rings. The van der Waals surface area contributed by atoms with Crippen LogP contribution in [-0.2, 0) is 11.8 Å². The van der Waals surface area contributed by atoms with Crippen LogP contribution >= 0.6 is 0 Å². The summed E-state index contributed by atoms with van der Waals surface area (Å²) in [7, 11) is 0. The third-order valence-electron chi connectivity index (χ3n) is 6.62. The smallest absolute Gasteiger partial charge is 0.269 e. The van der Waals surface area contributed by atoms with Gasteiger partial charge in [-0.2, -0.15) is 0 Å². The number of benzene rings is 2. The van der Waals surface area contributed by atoms with Gasteiger partial charge in [-0.25, -0.2) is 0 Å². The summed E-state index contributed by atoms with van der Waals surface area (Å²) in [4.78, 5) is 12.8. The Hall–Kier alpha value is -2.44. The molecule has 1 saturated heterocycles. The molecule has 1 aliphatic heterocycles. The van der Waals surface area contributed by atoms with E-state index in [2.05, 4.69) is 4.90 Å². The standard InChI is InChI=1S/C22H26N2O4/c25-19-4-1-3-17(15-19)22-11-2-5-20(21(22)26)23(14-12-22)13-10-16-6-8-18(9-7-16)24(27)28/h1,3-4,6-9,15,20-21,25-26H,2,5,10-14H2/t20-,21-,22-/m0/s1. The van der Waals surface area contributed by atoms with Crippen molar-refractivity contribution in [3.05, 3.63) is 69.8 Å². The van der Waals surface area contributed by atoms with Crippen molar-refractivity contribution in [2.75, 3.05) is 13.1 Å². The molecule has 0 radical (unpaired) electrons. The molecule has 2 bridgehead atoms. The lowest BCUT2D eigenvalue weighted by Gasteiger charge is -2.54. The third-order valence-corrected chi connectivity index (χ3v) is 6.62. The van der Waals surface area contributed by atoms with E-state index < -0.39 is 6.10 Å². The van der Waals surface area contributed by atoms with Crippen LogP contribution in [0.2, 0.25) is 0 Å². The van der Waals surface area contributed by atoms with E-state index in [0.717, 1.165) is 56.3 Å². The summed E-state index contributed by atoms with van der Waals surface area (Å²) >= 11 is 0. The van der Waals surface area contributed by atoms with Gasteiger partial charge in [0.25, 0.3) is 5.69 Å². The number of piperidine rings is 1. The van der Waals surface area contributed by atoms with Gasteiger partial charge in [-0.3, -0.25) is 15.0 Å². The van der Waals surface area contributed by atoms with E-state index in [1.165, 1.54) is 0 Å². The zero-order valence-electron chi connectivity index (χ0n) is 15.8. The Morgan fingerprint density at radius 2 is 1.96 bits per heavy atom. The Morgan fingerprint density at radius 3 is 2.68 bits per heavy atom. The van der Waals surface area contributed by atoms with Crippen LogP contribution in [-0.4, -0.2) is 45.3 Å². The summed E-state index contributed by atoms with van der Waals surface area (Å²) < 4.78 is 0. The molecule has 4 rings (SSSR count). The monoisotopic (exact) mass is 382 g/mol. The number of hydrogen-bond acceptors (Lipinski definition) is 5. The van der Waals surface area contributed by atoms with E-state index in [-0.39, 0.29) is 27.8 Å². The predicted molar refractivity (Wildman–Crippen MR) is 106 cm³/mol. The maximum Gasteiger partial charge on any atom is 0.269 e. The van der Waals surface area contributed by atoms with E-state index in [0.29, 0.717) is 0 Å². The van der Waals surface area contributed by atoms with Crippen LogP contribution < -0.4 is 0 Å². The Bertz CT molecular complexity index is 854. The number of hydrogen-bond donors (Lipinski definition) is 2. The highest BCUT2D eigenvalue weighted by Gasteiger charge is 2.50. The molecular weight excluding hydrogens is 356 g/mol. The SMILES string of the molecule is O=[N+]([O-])c1ccc(CCN2CC[C@]3(c4cccc(O)c4)CCC[C@H]2[C@@H]3O)cc1. The minimum atomic E-state index is -0.450. The first-order valence-corrected chi connectivity index (χ1v) is 9.94. The molecule has 3 atom stereocenters. The number of phenolic OH excluding ortho intramolecular Hbond substituents is 1. The van der Waals surface area contributed by atoms with Crippen LogP contribution in [0.1, 0.15) is 36.8 Å². The lowest BCUT2D eigenvalue weighted by Crippen LogP contribution is -2.62. The maximum absolute atomic E-state index is 11.3. The minimum absolute atomic E-state index is 0.111. The number of nitro benzene ring substituents is 1. The fourth-order valence-corrected chi connectivity index (χ4v) is 5.07. The molecule has 1 saturated carbocycles. The summed E-state index contributed by atoms with van der Waals surface area (Å²) in [6.45, 7) is 1.74. The number of phenols is 1. The first-order valence-electron chi connectivity index (χ1n) is 9.94. The van der Waals surface area contributed by atoms with Gasteiger partial charge >= 0.3 is 0 Å². The molecule has 2 N–H and O–H groups in total. The number of likely N-dealkylation sites (tertiary alicyclic amines) is 1. The normalized spacial score (nSPS) is 27.5. The maximum atomic E-state index is 11.3. The molecule has 148 valence electrons. The first-order chi connectivity index (χ1) is 13.5. The Labute approximate surface area is 164 Å². The van der Waals surface area contributed by atoms with E-state index in [9.17, 15) is 20.3 Å². The quantitative estimate of drug-likeness (QED) is 0.611. The second-order valence-corrected chi connectivity index (χ2v) is 8.07. The summed E-state index contributed by atoms with van der Waals surface area (Å²) in [5.41, 5.74) is 1.95. The van der Waals surface area contributed by atoms with Gasteiger partial charge in [-0.15, -0.1) is 0 Å². The Balaban J connectivity index is 1.47. The van der Waals surface area contributed by atoms with Crippen molar-refractivity contribution in [3.63, 3.8) is 0 Å². The summed E-state index contributed by atoms with van der Waals surface area (Å²) in [6, 6.07) is 14.2. The fourth-order valence-electron chi connectivity index (χ4n) is 5.07. The second kappa shape index (κ2) is 7.53. The number of rotatable bonds is 5. The van der Waals surface area contributed by atoms with Crippen LogP contribution in [0, 0.1) is 10.1 Å². The summed E-state index contributed by atoms with van der Waals surface area (Å²) in [5, 5.41) is 32.0.